The Labute approximate surface area is 167 Å². The van der Waals surface area contributed by atoms with E-state index in [1.807, 2.05) is 16.7 Å². The number of hydrogen-bond donors (Lipinski definition) is 0. The Morgan fingerprint density at radius 2 is 1.93 bits per heavy atom. The van der Waals surface area contributed by atoms with Gasteiger partial charge in [0.05, 0.1) is 4.92 Å². The maximum absolute atomic E-state index is 12.7. The molecule has 10 nitrogen and oxygen atoms in total. The van der Waals surface area contributed by atoms with Crippen molar-refractivity contribution >= 4 is 23.1 Å². The van der Waals surface area contributed by atoms with Crippen molar-refractivity contribution in [2.24, 2.45) is 0 Å². The number of fused-ring (bicyclic) bond motifs is 1. The highest BCUT2D eigenvalue weighted by molar-refractivity contribution is 7.99. The topological polar surface area (TPSA) is 121 Å². The van der Waals surface area contributed by atoms with Crippen molar-refractivity contribution in [3.05, 3.63) is 69.4 Å². The molecular weight excluding hydrogens is 394 g/mol. The quantitative estimate of drug-likeness (QED) is 0.281. The van der Waals surface area contributed by atoms with E-state index in [1.165, 1.54) is 6.20 Å². The van der Waals surface area contributed by atoms with Crippen LogP contribution in [0.2, 0.25) is 0 Å². The van der Waals surface area contributed by atoms with Crippen LogP contribution in [-0.4, -0.2) is 34.1 Å². The number of nitrogens with zero attached hydrogens (tertiary/aromatic N) is 7. The molecule has 29 heavy (non-hydrogen) atoms. The van der Waals surface area contributed by atoms with Gasteiger partial charge >= 0.3 is 11.2 Å². The number of nitro groups is 1. The van der Waals surface area contributed by atoms with Crippen LogP contribution in [0.25, 0.3) is 17.0 Å². The fraction of sp³-hybridized carbons (Fsp3) is 0.167. The second-order valence-corrected chi connectivity index (χ2v) is 7.46. The molecule has 0 spiro atoms. The Morgan fingerprint density at radius 1 is 1.14 bits per heavy atom. The van der Waals surface area contributed by atoms with Crippen LogP contribution in [0.3, 0.4) is 0 Å². The fourth-order valence-electron chi connectivity index (χ4n) is 3.08. The van der Waals surface area contributed by atoms with Crippen LogP contribution >= 0.6 is 11.8 Å². The number of pyridine rings is 2. The highest BCUT2D eigenvalue weighted by Gasteiger charge is 2.32. The maximum Gasteiger partial charge on any atom is 0.366 e. The van der Waals surface area contributed by atoms with E-state index in [0.717, 1.165) is 34.6 Å². The molecule has 0 amide bonds. The average molecular weight is 407 g/mol. The summed E-state index contributed by atoms with van der Waals surface area (Å²) in [6.45, 7) is 0. The third kappa shape index (κ3) is 3.05. The van der Waals surface area contributed by atoms with Crippen LogP contribution in [0, 0.1) is 10.1 Å². The third-order valence-corrected chi connectivity index (χ3v) is 5.50. The van der Waals surface area contributed by atoms with Crippen LogP contribution in [0.15, 0.2) is 63.9 Å². The van der Waals surface area contributed by atoms with Crippen LogP contribution in [-0.2, 0) is 0 Å². The van der Waals surface area contributed by atoms with Gasteiger partial charge in [-0.2, -0.15) is 0 Å². The Kier molecular flexibility index (Phi) is 4.09. The van der Waals surface area contributed by atoms with Gasteiger partial charge in [-0.25, -0.2) is 4.98 Å². The first kappa shape index (κ1) is 17.5. The lowest BCUT2D eigenvalue weighted by Crippen LogP contribution is -2.19. The monoisotopic (exact) mass is 407 g/mol. The molecule has 0 radical (unpaired) electrons. The van der Waals surface area contributed by atoms with Gasteiger partial charge in [-0.1, -0.05) is 6.07 Å². The highest BCUT2D eigenvalue weighted by Crippen LogP contribution is 2.42. The van der Waals surface area contributed by atoms with E-state index < -0.39 is 16.2 Å². The minimum Gasteiger partial charge on any atom is -0.299 e. The Hall–Kier alpha value is -3.60. The van der Waals surface area contributed by atoms with Crippen LogP contribution in [0.4, 0.5) is 5.69 Å². The summed E-state index contributed by atoms with van der Waals surface area (Å²) in [5.74, 6) is 0.664. The molecule has 4 aromatic heterocycles. The maximum atomic E-state index is 12.7. The molecule has 0 aliphatic heterocycles. The van der Waals surface area contributed by atoms with Gasteiger partial charge < -0.3 is 0 Å². The Morgan fingerprint density at radius 3 is 2.66 bits per heavy atom. The molecule has 0 N–H and O–H groups in total. The van der Waals surface area contributed by atoms with Gasteiger partial charge in [-0.05, 0) is 48.9 Å². The van der Waals surface area contributed by atoms with Crippen LogP contribution < -0.4 is 5.56 Å². The summed E-state index contributed by atoms with van der Waals surface area (Å²) in [4.78, 5) is 32.0. The van der Waals surface area contributed by atoms with Crippen molar-refractivity contribution in [3.63, 3.8) is 0 Å². The lowest BCUT2D eigenvalue weighted by Gasteiger charge is -2.09. The summed E-state index contributed by atoms with van der Waals surface area (Å²) in [6.07, 6.45) is 6.75. The highest BCUT2D eigenvalue weighted by atomic mass is 32.2. The third-order valence-electron chi connectivity index (χ3n) is 4.56. The zero-order chi connectivity index (χ0) is 20.0. The minimum absolute atomic E-state index is 0.00165. The van der Waals surface area contributed by atoms with Gasteiger partial charge in [0.1, 0.15) is 5.65 Å². The van der Waals surface area contributed by atoms with E-state index in [-0.39, 0.29) is 11.1 Å². The summed E-state index contributed by atoms with van der Waals surface area (Å²) < 4.78 is 3.12. The number of hydrogen-bond acceptors (Lipinski definition) is 8. The lowest BCUT2D eigenvalue weighted by molar-refractivity contribution is -0.389. The first-order valence-corrected chi connectivity index (χ1v) is 9.64. The first-order valence-electron chi connectivity index (χ1n) is 8.82. The molecule has 1 aliphatic rings. The average Bonchev–Trinajstić information content (AvgIpc) is 3.48. The van der Waals surface area contributed by atoms with Crippen molar-refractivity contribution < 1.29 is 4.92 Å². The molecule has 5 rings (SSSR count). The van der Waals surface area contributed by atoms with Gasteiger partial charge in [0, 0.05) is 30.2 Å². The molecule has 0 saturated heterocycles. The summed E-state index contributed by atoms with van der Waals surface area (Å²) in [7, 11) is 0. The molecular formula is C18H13N7O3S. The van der Waals surface area contributed by atoms with Crippen molar-refractivity contribution in [3.8, 4) is 11.4 Å². The summed E-state index contributed by atoms with van der Waals surface area (Å²) >= 11 is 0.990. The molecule has 144 valence electrons. The standard InChI is InChI=1S/C18H13N7O3S/c26-17-14(25(27)28)16(20-13-3-1-2-10-23(13)17)29-18-22-21-15(24(18)12-4-5-12)11-6-8-19-9-7-11/h1-3,6-10,12H,4-5H2. The molecule has 1 aliphatic carbocycles. The van der Waals surface area contributed by atoms with Crippen molar-refractivity contribution in [1.82, 2.24) is 29.1 Å². The van der Waals surface area contributed by atoms with Gasteiger partial charge in [0.15, 0.2) is 16.0 Å². The number of aromatic nitrogens is 6. The molecule has 11 heteroatoms. The molecule has 1 saturated carbocycles. The predicted octanol–water partition coefficient (Wildman–Crippen LogP) is 2.74. The molecule has 4 aromatic rings. The van der Waals surface area contributed by atoms with Crippen molar-refractivity contribution in [2.45, 2.75) is 29.1 Å². The van der Waals surface area contributed by atoms with Crippen LogP contribution in [0.5, 0.6) is 0 Å². The summed E-state index contributed by atoms with van der Waals surface area (Å²) in [5.41, 5.74) is -0.116. The van der Waals surface area contributed by atoms with Crippen LogP contribution in [0.1, 0.15) is 18.9 Å². The zero-order valence-electron chi connectivity index (χ0n) is 14.9. The largest absolute Gasteiger partial charge is 0.366 e. The van der Waals surface area contributed by atoms with E-state index >= 15 is 0 Å². The van der Waals surface area contributed by atoms with Gasteiger partial charge in [-0.15, -0.1) is 10.2 Å². The molecule has 0 unspecified atom stereocenters. The van der Waals surface area contributed by atoms with Gasteiger partial charge in [-0.3, -0.25) is 28.9 Å². The Balaban J connectivity index is 1.65. The molecule has 1 fully saturated rings. The number of rotatable bonds is 5. The lowest BCUT2D eigenvalue weighted by atomic mass is 10.2. The predicted molar refractivity (Wildman–Crippen MR) is 104 cm³/mol. The Bertz CT molecular complexity index is 1300. The molecule has 4 heterocycles. The van der Waals surface area contributed by atoms with Gasteiger partial charge in [0.2, 0.25) is 0 Å². The molecule has 0 bridgehead atoms. The first-order chi connectivity index (χ1) is 14.1. The molecule has 0 aromatic carbocycles. The smallest absolute Gasteiger partial charge is 0.299 e. The summed E-state index contributed by atoms with van der Waals surface area (Å²) in [5, 5.41) is 20.6. The van der Waals surface area contributed by atoms with E-state index in [2.05, 4.69) is 20.2 Å². The second-order valence-electron chi connectivity index (χ2n) is 6.50. The molecule has 0 atom stereocenters. The zero-order valence-corrected chi connectivity index (χ0v) is 15.7. The fourth-order valence-corrected chi connectivity index (χ4v) is 4.07. The SMILES string of the molecule is O=c1c([N+](=O)[O-])c(Sc2nnc(-c3ccncc3)n2C2CC2)nc2ccccn12. The normalized spacial score (nSPS) is 13.7. The van der Waals surface area contributed by atoms with E-state index in [4.69, 9.17) is 0 Å². The van der Waals surface area contributed by atoms with Crippen molar-refractivity contribution in [2.75, 3.05) is 0 Å². The second kappa shape index (κ2) is 6.78. The van der Waals surface area contributed by atoms with E-state index in [0.29, 0.717) is 16.6 Å². The van der Waals surface area contributed by atoms with E-state index in [1.54, 1.807) is 30.6 Å². The van der Waals surface area contributed by atoms with Gasteiger partial charge in [0.25, 0.3) is 0 Å². The van der Waals surface area contributed by atoms with Crippen molar-refractivity contribution in [1.29, 1.82) is 0 Å². The van der Waals surface area contributed by atoms with E-state index in [9.17, 15) is 14.9 Å². The summed E-state index contributed by atoms with van der Waals surface area (Å²) in [6, 6.07) is 8.86. The minimum atomic E-state index is -0.727.